The van der Waals surface area contributed by atoms with Crippen molar-refractivity contribution in [1.82, 2.24) is 0 Å². The van der Waals surface area contributed by atoms with E-state index in [1.54, 1.807) is 0 Å². The van der Waals surface area contributed by atoms with Crippen LogP contribution in [0.25, 0.3) is 0 Å². The lowest BCUT2D eigenvalue weighted by atomic mass is 11.7. The van der Waals surface area contributed by atoms with Crippen molar-refractivity contribution in [3.05, 3.63) is 0 Å². The Balaban J connectivity index is 2.34. The molecule has 0 rings (SSSR count). The van der Waals surface area contributed by atoms with Crippen LogP contribution < -0.4 is 0 Å². The maximum absolute atomic E-state index is 8.04. The number of hydrogen-bond donors (Lipinski definition) is 2. The first-order valence-electron chi connectivity index (χ1n) is 1.36. The predicted octanol–water partition coefficient (Wildman–Crippen LogP) is 0.833. The van der Waals surface area contributed by atoms with Crippen molar-refractivity contribution >= 4 is 23.8 Å². The average Bonchev–Trinajstić information content (AvgIpc) is 1.61. The van der Waals surface area contributed by atoms with Crippen LogP contribution in [0.3, 0.4) is 0 Å². The van der Waals surface area contributed by atoms with Crippen molar-refractivity contribution in [2.45, 2.75) is 0 Å². The summed E-state index contributed by atoms with van der Waals surface area (Å²) in [5.41, 5.74) is 0. The molecule has 2 N–H and O–H groups in total. The van der Waals surface area contributed by atoms with Gasteiger partial charge in [0, 0.05) is 0 Å². The largest absolute Gasteiger partial charge is 0.386 e. The molecule has 38 valence electrons. The molecular weight excluding hydrogens is 120 g/mol. The first kappa shape index (κ1) is 6.62. The summed E-state index contributed by atoms with van der Waals surface area (Å²) in [6.45, 7) is 0. The summed E-state index contributed by atoms with van der Waals surface area (Å²) in [7, 11) is 0. The Morgan fingerprint density at radius 1 is 1.50 bits per heavy atom. The van der Waals surface area contributed by atoms with Crippen LogP contribution in [-0.2, 0) is 0 Å². The van der Waals surface area contributed by atoms with Crippen LogP contribution in [-0.4, -0.2) is 20.7 Å². The van der Waals surface area contributed by atoms with Crippen LogP contribution in [0, 0.1) is 0 Å². The van der Waals surface area contributed by atoms with E-state index in [1.165, 1.54) is 11.8 Å². The summed E-state index contributed by atoms with van der Waals surface area (Å²) in [6.07, 6.45) is 0. The Bertz CT molecular complexity index is 21.5. The second-order valence-electron chi connectivity index (χ2n) is 0.580. The van der Waals surface area contributed by atoms with Crippen molar-refractivity contribution in [3.8, 4) is 0 Å². The Labute approximate surface area is 45.1 Å². The summed E-state index contributed by atoms with van der Waals surface area (Å²) < 4.78 is 7.98. The second-order valence-corrected chi connectivity index (χ2v) is 2.45. The molecular formula is C2H6O2S2. The van der Waals surface area contributed by atoms with Crippen LogP contribution >= 0.6 is 23.8 Å². The van der Waals surface area contributed by atoms with Gasteiger partial charge in [0.1, 0.15) is 0 Å². The third-order valence-electron chi connectivity index (χ3n) is 0.227. The van der Waals surface area contributed by atoms with Gasteiger partial charge in [-0.25, -0.2) is 0 Å². The average molecular weight is 126 g/mol. The fourth-order valence-electron chi connectivity index (χ4n) is 0.0745. The van der Waals surface area contributed by atoms with Gasteiger partial charge in [-0.2, -0.15) is 0 Å². The van der Waals surface area contributed by atoms with Crippen LogP contribution in [0.2, 0.25) is 0 Å². The summed E-state index contributed by atoms with van der Waals surface area (Å²) >= 11 is 2.01. The minimum atomic E-state index is 0.0908. The molecule has 0 aliphatic rings. The van der Waals surface area contributed by atoms with Gasteiger partial charge in [0.25, 0.3) is 0 Å². The van der Waals surface area contributed by atoms with Crippen LogP contribution in [0.1, 0.15) is 0 Å². The number of aliphatic hydroxyl groups is 1. The molecule has 0 aromatic heterocycles. The molecule has 0 heterocycles. The number of thioether (sulfide) groups is 1. The fraction of sp³-hybridized carbons (Fsp3) is 1.00. The molecule has 0 saturated heterocycles. The number of aliphatic hydroxyl groups excluding tert-OH is 1. The lowest BCUT2D eigenvalue weighted by Crippen LogP contribution is -1.71. The summed E-state index contributed by atoms with van der Waals surface area (Å²) in [5.74, 6) is 0.0908. The quantitative estimate of drug-likeness (QED) is 0.334. The Morgan fingerprint density at radius 2 is 2.17 bits per heavy atom. The minimum Gasteiger partial charge on any atom is -0.386 e. The van der Waals surface area contributed by atoms with Crippen LogP contribution in [0.4, 0.5) is 0 Å². The van der Waals surface area contributed by atoms with Crippen molar-refractivity contribution in [2.24, 2.45) is 0 Å². The molecule has 0 aliphatic heterocycles. The van der Waals surface area contributed by atoms with E-state index in [0.717, 1.165) is 12.0 Å². The molecule has 0 saturated carbocycles. The normalized spacial score (nSPS) is 9.00. The highest BCUT2D eigenvalue weighted by Crippen LogP contribution is 2.04. The molecule has 0 unspecified atom stereocenters. The molecule has 0 aromatic rings. The molecule has 0 amide bonds. The van der Waals surface area contributed by atoms with Crippen molar-refractivity contribution in [3.63, 3.8) is 0 Å². The monoisotopic (exact) mass is 126 g/mol. The highest BCUT2D eigenvalue weighted by molar-refractivity contribution is 8.13. The molecule has 6 heavy (non-hydrogen) atoms. The van der Waals surface area contributed by atoms with E-state index in [2.05, 4.69) is 0 Å². The van der Waals surface area contributed by atoms with E-state index in [9.17, 15) is 0 Å². The Kier molecular flexibility index (Phi) is 6.20. The molecule has 0 spiro atoms. The van der Waals surface area contributed by atoms with Gasteiger partial charge >= 0.3 is 0 Å². The van der Waals surface area contributed by atoms with E-state index in [4.69, 9.17) is 9.66 Å². The zero-order chi connectivity index (χ0) is 4.83. The second kappa shape index (κ2) is 5.62. The third-order valence-corrected chi connectivity index (χ3v) is 1.50. The molecule has 4 heteroatoms. The van der Waals surface area contributed by atoms with Gasteiger partial charge in [0.2, 0.25) is 0 Å². The van der Waals surface area contributed by atoms with E-state index >= 15 is 0 Å². The zero-order valence-electron chi connectivity index (χ0n) is 3.13. The lowest BCUT2D eigenvalue weighted by molar-refractivity contribution is 0.375. The summed E-state index contributed by atoms with van der Waals surface area (Å²) in [4.78, 5) is 0. The highest BCUT2D eigenvalue weighted by Gasteiger charge is 1.77. The van der Waals surface area contributed by atoms with Crippen LogP contribution in [0.5, 0.6) is 0 Å². The summed E-state index contributed by atoms with van der Waals surface area (Å²) in [6, 6.07) is 0. The van der Waals surface area contributed by atoms with E-state index < -0.39 is 0 Å². The SMILES string of the molecule is OCSCSO. The van der Waals surface area contributed by atoms with E-state index in [0.29, 0.717) is 5.08 Å². The smallest absolute Gasteiger partial charge is 0.0895 e. The topological polar surface area (TPSA) is 40.5 Å². The van der Waals surface area contributed by atoms with Gasteiger partial charge in [-0.15, -0.1) is 11.8 Å². The van der Waals surface area contributed by atoms with Gasteiger partial charge in [-0.05, 0) is 12.0 Å². The van der Waals surface area contributed by atoms with Crippen molar-refractivity contribution < 1.29 is 9.66 Å². The molecule has 0 atom stereocenters. The highest BCUT2D eigenvalue weighted by atomic mass is 32.2. The van der Waals surface area contributed by atoms with Gasteiger partial charge < -0.3 is 9.66 Å². The maximum atomic E-state index is 8.04. The molecule has 2 nitrogen and oxygen atoms in total. The van der Waals surface area contributed by atoms with Gasteiger partial charge in [-0.1, -0.05) is 0 Å². The van der Waals surface area contributed by atoms with Crippen molar-refractivity contribution in [1.29, 1.82) is 0 Å². The molecule has 0 aliphatic carbocycles. The molecule has 0 aromatic carbocycles. The molecule has 0 fully saturated rings. The van der Waals surface area contributed by atoms with E-state index in [-0.39, 0.29) is 5.94 Å². The summed E-state index contributed by atoms with van der Waals surface area (Å²) in [5, 5.41) is 8.59. The third kappa shape index (κ3) is 4.62. The van der Waals surface area contributed by atoms with Crippen LogP contribution in [0.15, 0.2) is 0 Å². The van der Waals surface area contributed by atoms with Gasteiger partial charge in [0.15, 0.2) is 0 Å². The maximum Gasteiger partial charge on any atom is 0.0895 e. The number of hydrogen-bond acceptors (Lipinski definition) is 4. The molecule has 0 bridgehead atoms. The number of rotatable bonds is 3. The Hall–Kier alpha value is 0.620. The first-order chi connectivity index (χ1) is 2.91. The zero-order valence-corrected chi connectivity index (χ0v) is 4.76. The minimum absolute atomic E-state index is 0.0908. The first-order valence-corrected chi connectivity index (χ1v) is 3.46. The molecule has 0 radical (unpaired) electrons. The predicted molar refractivity (Wildman–Crippen MR) is 29.8 cm³/mol. The fourth-order valence-corrected chi connectivity index (χ4v) is 0.671. The lowest BCUT2D eigenvalue weighted by Gasteiger charge is -1.85. The van der Waals surface area contributed by atoms with Gasteiger partial charge in [0.05, 0.1) is 11.0 Å². The Morgan fingerprint density at radius 3 is 2.33 bits per heavy atom. The van der Waals surface area contributed by atoms with E-state index in [1.807, 2.05) is 0 Å². The van der Waals surface area contributed by atoms with Gasteiger partial charge in [-0.3, -0.25) is 0 Å². The standard InChI is InChI=1S/C2H6O2S2/c3-1-5-2-6-4/h3-4H,1-2H2. The van der Waals surface area contributed by atoms with Crippen molar-refractivity contribution in [2.75, 3.05) is 11.0 Å².